The normalized spacial score (nSPS) is 12.9. The molecule has 1 N–H and O–H groups in total. The number of benzene rings is 4. The highest BCUT2D eigenvalue weighted by Crippen LogP contribution is 2.39. The predicted octanol–water partition coefficient (Wildman–Crippen LogP) is 8.63. The van der Waals surface area contributed by atoms with Gasteiger partial charge in [-0.1, -0.05) is 113 Å². The summed E-state index contributed by atoms with van der Waals surface area (Å²) < 4.78 is 0. The third kappa shape index (κ3) is 6.06. The highest BCUT2D eigenvalue weighted by molar-refractivity contribution is 6.34. The second kappa shape index (κ2) is 11.7. The smallest absolute Gasteiger partial charge is 0.253 e. The van der Waals surface area contributed by atoms with Crippen LogP contribution in [0.5, 0.6) is 0 Å². The maximum atomic E-state index is 13.4. The maximum Gasteiger partial charge on any atom is 0.253 e. The summed E-state index contributed by atoms with van der Waals surface area (Å²) in [6.07, 6.45) is 1.68. The van der Waals surface area contributed by atoms with E-state index in [0.717, 1.165) is 11.1 Å². The first-order chi connectivity index (χ1) is 17.0. The Morgan fingerprint density at radius 1 is 0.657 bits per heavy atom. The second-order valence-corrected chi connectivity index (χ2v) is 9.35. The summed E-state index contributed by atoms with van der Waals surface area (Å²) in [6.45, 7) is 0. The first kappa shape index (κ1) is 25.3. The van der Waals surface area contributed by atoms with Crippen LogP contribution in [0.4, 0.5) is 0 Å². The Morgan fingerprint density at radius 2 is 1.17 bits per heavy atom. The van der Waals surface area contributed by atoms with Gasteiger partial charge in [-0.2, -0.15) is 0 Å². The van der Waals surface area contributed by atoms with Gasteiger partial charge in [0.05, 0.1) is 16.6 Å². The lowest BCUT2D eigenvalue weighted by Gasteiger charge is -2.28. The number of nitrogens with zero attached hydrogens (tertiary/aromatic N) is 1. The summed E-state index contributed by atoms with van der Waals surface area (Å²) in [5.74, 6) is -0.356. The molecule has 0 saturated carbocycles. The van der Waals surface area contributed by atoms with Gasteiger partial charge in [-0.05, 0) is 41.5 Å². The lowest BCUT2D eigenvalue weighted by atomic mass is 9.93. The van der Waals surface area contributed by atoms with Crippen LogP contribution in [-0.4, -0.2) is 12.1 Å². The largest absolute Gasteiger partial charge is 0.343 e. The molecule has 0 aliphatic carbocycles. The number of hydrogen-bond acceptors (Lipinski definition) is 2. The Morgan fingerprint density at radius 3 is 1.77 bits per heavy atom. The zero-order chi connectivity index (χ0) is 24.8. The van der Waals surface area contributed by atoms with Crippen LogP contribution in [0.1, 0.15) is 39.1 Å². The number of hydrogen-bond donors (Lipinski definition) is 1. The molecule has 2 atom stereocenters. The highest BCUT2D eigenvalue weighted by Gasteiger charge is 2.30. The molecule has 0 aliphatic rings. The molecule has 3 nitrogen and oxygen atoms in total. The minimum absolute atomic E-state index is 0.344. The van der Waals surface area contributed by atoms with E-state index in [2.05, 4.69) is 5.32 Å². The first-order valence-corrected chi connectivity index (χ1v) is 12.3. The van der Waals surface area contributed by atoms with Crippen molar-refractivity contribution in [1.29, 1.82) is 0 Å². The molecule has 0 radical (unpaired) electrons. The van der Waals surface area contributed by atoms with Crippen molar-refractivity contribution in [3.8, 4) is 0 Å². The van der Waals surface area contributed by atoms with Crippen LogP contribution < -0.4 is 5.32 Å². The summed E-state index contributed by atoms with van der Waals surface area (Å²) in [7, 11) is 0. The number of amides is 1. The van der Waals surface area contributed by atoms with Crippen LogP contribution in [0.3, 0.4) is 0 Å². The molecular formula is C28H20Cl4N2O. The van der Waals surface area contributed by atoms with Crippen LogP contribution >= 0.6 is 46.4 Å². The number of rotatable bonds is 7. The standard InChI is InChI=1S/C28H20Cl4N2O/c29-22-13-5-1-9-18(22)17-33-26(19-10-2-6-14-23(19)30)27(20-11-3-7-15-24(20)31)34-28(35)21-12-4-8-16-25(21)32/h1-17,26-27H,(H,34,35). The number of halogens is 4. The molecule has 176 valence electrons. The second-order valence-electron chi connectivity index (χ2n) is 7.72. The van der Waals surface area contributed by atoms with Crippen molar-refractivity contribution in [3.05, 3.63) is 139 Å². The Hall–Kier alpha value is -2.82. The summed E-state index contributed by atoms with van der Waals surface area (Å²) >= 11 is 25.9. The van der Waals surface area contributed by atoms with Crippen molar-refractivity contribution in [2.24, 2.45) is 4.99 Å². The Labute approximate surface area is 224 Å². The van der Waals surface area contributed by atoms with E-state index in [4.69, 9.17) is 51.4 Å². The minimum atomic E-state index is -0.661. The Kier molecular flexibility index (Phi) is 8.48. The fourth-order valence-electron chi connectivity index (χ4n) is 3.72. The van der Waals surface area contributed by atoms with Gasteiger partial charge in [-0.15, -0.1) is 0 Å². The molecule has 4 rings (SSSR count). The third-order valence-electron chi connectivity index (χ3n) is 5.46. The zero-order valence-corrected chi connectivity index (χ0v) is 21.4. The van der Waals surface area contributed by atoms with Gasteiger partial charge in [0.1, 0.15) is 6.04 Å². The molecule has 35 heavy (non-hydrogen) atoms. The molecule has 4 aromatic rings. The molecule has 0 saturated heterocycles. The molecule has 0 heterocycles. The summed E-state index contributed by atoms with van der Waals surface area (Å²) in [5, 5.41) is 5.00. The monoisotopic (exact) mass is 540 g/mol. The topological polar surface area (TPSA) is 41.5 Å². The summed E-state index contributed by atoms with van der Waals surface area (Å²) in [5.41, 5.74) is 2.50. The SMILES string of the molecule is O=C(NC(c1ccccc1Cl)C(N=Cc1ccccc1Cl)c1ccccc1Cl)c1ccccc1Cl. The van der Waals surface area contributed by atoms with Crippen molar-refractivity contribution >= 4 is 58.5 Å². The third-order valence-corrected chi connectivity index (χ3v) is 6.83. The average molecular weight is 542 g/mol. The lowest BCUT2D eigenvalue weighted by molar-refractivity contribution is 0.0931. The molecular weight excluding hydrogens is 522 g/mol. The van der Waals surface area contributed by atoms with Crippen LogP contribution in [0.15, 0.2) is 102 Å². The van der Waals surface area contributed by atoms with Crippen molar-refractivity contribution in [3.63, 3.8) is 0 Å². The average Bonchev–Trinajstić information content (AvgIpc) is 2.86. The van der Waals surface area contributed by atoms with Gasteiger partial charge in [0.2, 0.25) is 0 Å². The number of nitrogens with one attached hydrogen (secondary N) is 1. The molecule has 0 aromatic heterocycles. The van der Waals surface area contributed by atoms with Gasteiger partial charge < -0.3 is 5.32 Å². The zero-order valence-electron chi connectivity index (χ0n) is 18.3. The number of carbonyl (C=O) groups is 1. The fourth-order valence-corrected chi connectivity index (χ4v) is 4.63. The van der Waals surface area contributed by atoms with E-state index in [-0.39, 0.29) is 5.91 Å². The van der Waals surface area contributed by atoms with Crippen LogP contribution in [0, 0.1) is 0 Å². The number of carbonyl (C=O) groups excluding carboxylic acids is 1. The van der Waals surface area contributed by atoms with Crippen molar-refractivity contribution in [2.75, 3.05) is 0 Å². The van der Waals surface area contributed by atoms with E-state index in [1.54, 1.807) is 48.7 Å². The predicted molar refractivity (Wildman–Crippen MR) is 146 cm³/mol. The molecule has 0 bridgehead atoms. The van der Waals surface area contributed by atoms with Crippen molar-refractivity contribution < 1.29 is 4.79 Å². The first-order valence-electron chi connectivity index (χ1n) is 10.8. The van der Waals surface area contributed by atoms with E-state index in [1.807, 2.05) is 54.6 Å². The molecule has 1 amide bonds. The van der Waals surface area contributed by atoms with Crippen molar-refractivity contribution in [1.82, 2.24) is 5.32 Å². The molecule has 0 fully saturated rings. The van der Waals surface area contributed by atoms with Gasteiger partial charge in [0.15, 0.2) is 0 Å². The number of aliphatic imine (C=N–C) groups is 1. The molecule has 4 aromatic carbocycles. The van der Waals surface area contributed by atoms with Gasteiger partial charge in [0.25, 0.3) is 5.91 Å². The van der Waals surface area contributed by atoms with E-state index in [1.165, 1.54) is 0 Å². The van der Waals surface area contributed by atoms with Crippen LogP contribution in [-0.2, 0) is 0 Å². The fraction of sp³-hybridized carbons (Fsp3) is 0.0714. The van der Waals surface area contributed by atoms with E-state index in [0.29, 0.717) is 31.2 Å². The summed E-state index contributed by atoms with van der Waals surface area (Å²) in [4.78, 5) is 18.2. The molecule has 7 heteroatoms. The summed E-state index contributed by atoms with van der Waals surface area (Å²) in [6, 6.07) is 27.7. The maximum absolute atomic E-state index is 13.4. The Bertz CT molecular complexity index is 1370. The van der Waals surface area contributed by atoms with Gasteiger partial charge in [0, 0.05) is 26.8 Å². The highest BCUT2D eigenvalue weighted by atomic mass is 35.5. The van der Waals surface area contributed by atoms with E-state index >= 15 is 0 Å². The van der Waals surface area contributed by atoms with Crippen LogP contribution in [0.25, 0.3) is 0 Å². The molecule has 0 spiro atoms. The van der Waals surface area contributed by atoms with Gasteiger partial charge in [-0.3, -0.25) is 9.79 Å². The van der Waals surface area contributed by atoms with Gasteiger partial charge >= 0.3 is 0 Å². The lowest BCUT2D eigenvalue weighted by Crippen LogP contribution is -2.32. The van der Waals surface area contributed by atoms with Crippen LogP contribution in [0.2, 0.25) is 20.1 Å². The van der Waals surface area contributed by atoms with Gasteiger partial charge in [-0.25, -0.2) is 0 Å². The van der Waals surface area contributed by atoms with Crippen molar-refractivity contribution in [2.45, 2.75) is 12.1 Å². The van der Waals surface area contributed by atoms with E-state index < -0.39 is 12.1 Å². The van der Waals surface area contributed by atoms with E-state index in [9.17, 15) is 4.79 Å². The Balaban J connectivity index is 1.85. The quantitative estimate of drug-likeness (QED) is 0.234. The molecule has 2 unspecified atom stereocenters. The minimum Gasteiger partial charge on any atom is -0.343 e. The molecule has 0 aliphatic heterocycles.